The van der Waals surface area contributed by atoms with Crippen molar-refractivity contribution in [2.75, 3.05) is 6.54 Å². The molecule has 2 heterocycles. The molecule has 0 radical (unpaired) electrons. The number of benzene rings is 1. The van der Waals surface area contributed by atoms with Crippen molar-refractivity contribution in [1.29, 1.82) is 0 Å². The average molecular weight is 365 g/mol. The summed E-state index contributed by atoms with van der Waals surface area (Å²) in [6, 6.07) is 8.10. The number of alkyl halides is 3. The molecule has 1 amide bonds. The van der Waals surface area contributed by atoms with Crippen LogP contribution in [-0.2, 0) is 6.18 Å². The summed E-state index contributed by atoms with van der Waals surface area (Å²) in [6.07, 6.45) is -1.22. The van der Waals surface area contributed by atoms with Gasteiger partial charge in [0, 0.05) is 18.9 Å². The van der Waals surface area contributed by atoms with Crippen molar-refractivity contribution in [1.82, 2.24) is 15.1 Å². The third kappa shape index (κ3) is 3.90. The molecule has 0 aliphatic rings. The minimum absolute atomic E-state index is 0.128. The molecule has 1 N–H and O–H groups in total. The van der Waals surface area contributed by atoms with Gasteiger partial charge in [0.2, 0.25) is 0 Å². The Balaban J connectivity index is 1.80. The van der Waals surface area contributed by atoms with E-state index in [0.29, 0.717) is 0 Å². The van der Waals surface area contributed by atoms with E-state index in [-0.39, 0.29) is 18.2 Å². The van der Waals surface area contributed by atoms with Crippen molar-refractivity contribution in [3.05, 3.63) is 76.2 Å². The van der Waals surface area contributed by atoms with Crippen molar-refractivity contribution in [3.63, 3.8) is 0 Å². The fourth-order valence-corrected chi connectivity index (χ4v) is 3.21. The van der Waals surface area contributed by atoms with E-state index in [1.54, 1.807) is 23.1 Å². The van der Waals surface area contributed by atoms with Crippen LogP contribution < -0.4 is 5.32 Å². The van der Waals surface area contributed by atoms with Crippen LogP contribution >= 0.6 is 11.3 Å². The lowest BCUT2D eigenvalue weighted by Gasteiger charge is -2.18. The van der Waals surface area contributed by atoms with Gasteiger partial charge in [-0.25, -0.2) is 0 Å². The van der Waals surface area contributed by atoms with Gasteiger partial charge >= 0.3 is 6.18 Å². The molecule has 0 spiro atoms. The van der Waals surface area contributed by atoms with E-state index in [2.05, 4.69) is 10.4 Å². The molecule has 25 heavy (non-hydrogen) atoms. The summed E-state index contributed by atoms with van der Waals surface area (Å²) in [5.74, 6) is -0.764. The molecule has 1 unspecified atom stereocenters. The third-order valence-electron chi connectivity index (χ3n) is 3.71. The van der Waals surface area contributed by atoms with Crippen molar-refractivity contribution in [2.45, 2.75) is 12.2 Å². The predicted octanol–water partition coefficient (Wildman–Crippen LogP) is 3.98. The number of halogens is 3. The quantitative estimate of drug-likeness (QED) is 0.743. The zero-order chi connectivity index (χ0) is 17.9. The lowest BCUT2D eigenvalue weighted by Crippen LogP contribution is -2.32. The van der Waals surface area contributed by atoms with E-state index in [1.807, 2.05) is 16.8 Å². The van der Waals surface area contributed by atoms with Crippen molar-refractivity contribution >= 4 is 17.2 Å². The molecule has 0 bridgehead atoms. The number of carbonyl (C=O) groups excluding carboxylic acids is 1. The Kier molecular flexibility index (Phi) is 4.89. The summed E-state index contributed by atoms with van der Waals surface area (Å²) >= 11 is 1.50. The molecule has 130 valence electrons. The molecule has 3 rings (SSSR count). The van der Waals surface area contributed by atoms with Crippen molar-refractivity contribution < 1.29 is 18.0 Å². The normalized spacial score (nSPS) is 12.8. The van der Waals surface area contributed by atoms with Crippen LogP contribution in [0, 0.1) is 0 Å². The molecular weight excluding hydrogens is 351 g/mol. The number of rotatable bonds is 5. The molecular formula is C17H14F3N3OS. The second kappa shape index (κ2) is 7.10. The molecule has 1 aromatic carbocycles. The first-order valence-corrected chi connectivity index (χ1v) is 8.37. The van der Waals surface area contributed by atoms with E-state index < -0.39 is 17.6 Å². The predicted molar refractivity (Wildman–Crippen MR) is 88.5 cm³/mol. The highest BCUT2D eigenvalue weighted by molar-refractivity contribution is 7.07. The molecule has 1 atom stereocenters. The van der Waals surface area contributed by atoms with Gasteiger partial charge < -0.3 is 5.32 Å². The van der Waals surface area contributed by atoms with E-state index in [0.717, 1.165) is 11.6 Å². The molecule has 0 fully saturated rings. The van der Waals surface area contributed by atoms with Gasteiger partial charge in [0.25, 0.3) is 5.91 Å². The van der Waals surface area contributed by atoms with Gasteiger partial charge in [-0.05, 0) is 40.6 Å². The number of hydrogen-bond donors (Lipinski definition) is 1. The number of aromatic nitrogens is 2. The van der Waals surface area contributed by atoms with Crippen molar-refractivity contribution in [3.8, 4) is 0 Å². The Labute approximate surface area is 145 Å². The maximum atomic E-state index is 13.1. The number of thiophene rings is 1. The summed E-state index contributed by atoms with van der Waals surface area (Å²) in [6.45, 7) is 0.128. The van der Waals surface area contributed by atoms with Crippen LogP contribution in [0.4, 0.5) is 13.2 Å². The summed E-state index contributed by atoms with van der Waals surface area (Å²) in [4.78, 5) is 12.3. The monoisotopic (exact) mass is 365 g/mol. The molecule has 4 nitrogen and oxygen atoms in total. The Morgan fingerprint density at radius 1 is 1.24 bits per heavy atom. The fourth-order valence-electron chi connectivity index (χ4n) is 2.51. The molecule has 0 saturated heterocycles. The van der Waals surface area contributed by atoms with E-state index >= 15 is 0 Å². The van der Waals surface area contributed by atoms with E-state index in [9.17, 15) is 18.0 Å². The van der Waals surface area contributed by atoms with Crippen LogP contribution in [0.5, 0.6) is 0 Å². The van der Waals surface area contributed by atoms with Crippen molar-refractivity contribution in [2.24, 2.45) is 0 Å². The zero-order valence-corrected chi connectivity index (χ0v) is 13.7. The Hall–Kier alpha value is -2.61. The summed E-state index contributed by atoms with van der Waals surface area (Å²) in [7, 11) is 0. The number of nitrogens with one attached hydrogen (secondary N) is 1. The first-order valence-electron chi connectivity index (χ1n) is 7.42. The molecule has 2 aromatic heterocycles. The topological polar surface area (TPSA) is 46.9 Å². The Morgan fingerprint density at radius 2 is 2.04 bits per heavy atom. The number of carbonyl (C=O) groups is 1. The minimum Gasteiger partial charge on any atom is -0.350 e. The smallest absolute Gasteiger partial charge is 0.350 e. The highest BCUT2D eigenvalue weighted by Gasteiger charge is 2.34. The number of amides is 1. The van der Waals surface area contributed by atoms with Crippen LogP contribution in [-0.4, -0.2) is 22.2 Å². The van der Waals surface area contributed by atoms with E-state index in [1.165, 1.54) is 29.5 Å². The molecule has 3 aromatic rings. The highest BCUT2D eigenvalue weighted by atomic mass is 32.1. The summed E-state index contributed by atoms with van der Waals surface area (Å²) in [5.41, 5.74) is -0.406. The van der Waals surface area contributed by atoms with Crippen LogP contribution in [0.3, 0.4) is 0 Å². The van der Waals surface area contributed by atoms with Gasteiger partial charge in [0.15, 0.2) is 0 Å². The van der Waals surface area contributed by atoms with Crippen LogP contribution in [0.15, 0.2) is 59.6 Å². The van der Waals surface area contributed by atoms with Gasteiger partial charge in [-0.1, -0.05) is 12.1 Å². The summed E-state index contributed by atoms with van der Waals surface area (Å²) in [5, 5.41) is 10.6. The zero-order valence-electron chi connectivity index (χ0n) is 12.9. The second-order valence-corrected chi connectivity index (χ2v) is 6.09. The molecule has 0 aliphatic carbocycles. The number of hydrogen-bond acceptors (Lipinski definition) is 3. The maximum absolute atomic E-state index is 13.1. The maximum Gasteiger partial charge on any atom is 0.417 e. The third-order valence-corrected chi connectivity index (χ3v) is 4.41. The largest absolute Gasteiger partial charge is 0.417 e. The van der Waals surface area contributed by atoms with Crippen LogP contribution in [0.25, 0.3) is 0 Å². The van der Waals surface area contributed by atoms with Gasteiger partial charge in [0.05, 0.1) is 17.2 Å². The average Bonchev–Trinajstić information content (AvgIpc) is 3.28. The first-order chi connectivity index (χ1) is 12.0. The standard InChI is InChI=1S/C17H14F3N3OS/c18-17(19,20)14-5-2-1-4-13(14)16(24)21-10-15(12-6-9-25-11-12)23-8-3-7-22-23/h1-9,11,15H,10H2,(H,21,24). The lowest BCUT2D eigenvalue weighted by atomic mass is 10.1. The van der Waals surface area contributed by atoms with Gasteiger partial charge in [-0.2, -0.15) is 29.6 Å². The molecule has 0 aliphatic heterocycles. The Morgan fingerprint density at radius 3 is 2.68 bits per heavy atom. The van der Waals surface area contributed by atoms with E-state index in [4.69, 9.17) is 0 Å². The summed E-state index contributed by atoms with van der Waals surface area (Å²) < 4.78 is 40.8. The Bertz CT molecular complexity index is 795. The van der Waals surface area contributed by atoms with Crippen LogP contribution in [0.1, 0.15) is 27.5 Å². The van der Waals surface area contributed by atoms with Gasteiger partial charge in [0.1, 0.15) is 0 Å². The second-order valence-electron chi connectivity index (χ2n) is 5.31. The van der Waals surface area contributed by atoms with Gasteiger partial charge in [-0.15, -0.1) is 0 Å². The molecule has 8 heteroatoms. The molecule has 0 saturated carbocycles. The first kappa shape index (κ1) is 17.2. The van der Waals surface area contributed by atoms with Crippen LogP contribution in [0.2, 0.25) is 0 Å². The number of nitrogens with zero attached hydrogens (tertiary/aromatic N) is 2. The lowest BCUT2D eigenvalue weighted by molar-refractivity contribution is -0.137. The minimum atomic E-state index is -4.58. The SMILES string of the molecule is O=C(NCC(c1ccsc1)n1cccn1)c1ccccc1C(F)(F)F. The van der Waals surface area contributed by atoms with Gasteiger partial charge in [-0.3, -0.25) is 9.48 Å². The fraction of sp³-hybridized carbons (Fsp3) is 0.176. The highest BCUT2D eigenvalue weighted by Crippen LogP contribution is 2.31.